The van der Waals surface area contributed by atoms with Gasteiger partial charge in [-0.25, -0.2) is 14.6 Å². The van der Waals surface area contributed by atoms with Crippen molar-refractivity contribution in [1.29, 1.82) is 0 Å². The summed E-state index contributed by atoms with van der Waals surface area (Å²) in [5.74, 6) is 0.643. The summed E-state index contributed by atoms with van der Waals surface area (Å²) >= 11 is 0. The average molecular weight is 245 g/mol. The smallest absolute Gasteiger partial charge is 0.251 e. The predicted octanol–water partition coefficient (Wildman–Crippen LogP) is 1.48. The van der Waals surface area contributed by atoms with Gasteiger partial charge in [0, 0.05) is 17.1 Å². The lowest BCUT2D eigenvalue weighted by Crippen LogP contribution is -2.07. The van der Waals surface area contributed by atoms with Crippen LogP contribution in [0.1, 0.15) is 29.1 Å². The first-order chi connectivity index (χ1) is 8.61. The molecule has 0 aliphatic heterocycles. The summed E-state index contributed by atoms with van der Waals surface area (Å²) < 4.78 is 1.80. The first-order valence-corrected chi connectivity index (χ1v) is 6.18. The van der Waals surface area contributed by atoms with E-state index < -0.39 is 0 Å². The highest BCUT2D eigenvalue weighted by atomic mass is 15.3. The fourth-order valence-corrected chi connectivity index (χ4v) is 1.99. The Kier molecular flexibility index (Phi) is 3.72. The number of aryl methyl sites for hydroxylation is 3. The molecule has 0 saturated heterocycles. The Morgan fingerprint density at radius 3 is 2.44 bits per heavy atom. The van der Waals surface area contributed by atoms with Gasteiger partial charge in [0.25, 0.3) is 5.95 Å². The molecule has 0 aliphatic carbocycles. The first-order valence-electron chi connectivity index (χ1n) is 6.18. The van der Waals surface area contributed by atoms with Crippen molar-refractivity contribution < 1.29 is 0 Å². The van der Waals surface area contributed by atoms with Crippen molar-refractivity contribution in [3.05, 3.63) is 34.9 Å². The largest absolute Gasteiger partial charge is 0.330 e. The summed E-state index contributed by atoms with van der Waals surface area (Å²) in [6.45, 7) is 6.67. The summed E-state index contributed by atoms with van der Waals surface area (Å²) in [4.78, 5) is 8.85. The molecule has 0 saturated carbocycles. The molecule has 0 amide bonds. The maximum absolute atomic E-state index is 5.53. The topological polar surface area (TPSA) is 69.6 Å². The number of hydrogen-bond donors (Lipinski definition) is 1. The maximum atomic E-state index is 5.53. The monoisotopic (exact) mass is 245 g/mol. The third kappa shape index (κ3) is 2.56. The first kappa shape index (κ1) is 12.7. The van der Waals surface area contributed by atoms with Crippen LogP contribution in [0.5, 0.6) is 0 Å². The van der Waals surface area contributed by atoms with Crippen molar-refractivity contribution in [1.82, 2.24) is 19.7 Å². The molecule has 5 heteroatoms. The lowest BCUT2D eigenvalue weighted by molar-refractivity contribution is 0.765. The molecule has 2 rings (SSSR count). The number of hydrogen-bond acceptors (Lipinski definition) is 4. The Labute approximate surface area is 107 Å². The minimum absolute atomic E-state index is 0.643. The molecule has 0 bridgehead atoms. The summed E-state index contributed by atoms with van der Waals surface area (Å²) in [5.41, 5.74) is 9.74. The van der Waals surface area contributed by atoms with Gasteiger partial charge in [0.05, 0.1) is 6.20 Å². The van der Waals surface area contributed by atoms with Gasteiger partial charge in [-0.3, -0.25) is 0 Å². The summed E-state index contributed by atoms with van der Waals surface area (Å²) in [6.07, 6.45) is 3.80. The van der Waals surface area contributed by atoms with Gasteiger partial charge in [0.2, 0.25) is 0 Å². The standard InChI is InChI=1S/C13H19N5/c1-9-7-10(2)17-13(16-9)18-11(3)12(8-15-18)5-4-6-14/h7-8H,4-6,14H2,1-3H3. The van der Waals surface area contributed by atoms with Gasteiger partial charge in [-0.15, -0.1) is 0 Å². The number of nitrogens with zero attached hydrogens (tertiary/aromatic N) is 4. The van der Waals surface area contributed by atoms with Crippen molar-refractivity contribution in [3.63, 3.8) is 0 Å². The van der Waals surface area contributed by atoms with Crippen LogP contribution in [-0.2, 0) is 6.42 Å². The zero-order valence-electron chi connectivity index (χ0n) is 11.1. The Morgan fingerprint density at radius 2 is 1.83 bits per heavy atom. The molecule has 0 atom stereocenters. The SMILES string of the molecule is Cc1cc(C)nc(-n2ncc(CCCN)c2C)n1. The second-order valence-electron chi connectivity index (χ2n) is 4.51. The van der Waals surface area contributed by atoms with Gasteiger partial charge < -0.3 is 5.73 Å². The van der Waals surface area contributed by atoms with Gasteiger partial charge >= 0.3 is 0 Å². The van der Waals surface area contributed by atoms with Gasteiger partial charge in [-0.1, -0.05) is 0 Å². The Balaban J connectivity index is 2.36. The van der Waals surface area contributed by atoms with Crippen LogP contribution >= 0.6 is 0 Å². The van der Waals surface area contributed by atoms with Crippen LogP contribution in [-0.4, -0.2) is 26.3 Å². The molecule has 0 aliphatic rings. The van der Waals surface area contributed by atoms with Gasteiger partial charge in [-0.2, -0.15) is 5.10 Å². The molecule has 0 radical (unpaired) electrons. The van der Waals surface area contributed by atoms with E-state index in [1.165, 1.54) is 5.56 Å². The molecule has 18 heavy (non-hydrogen) atoms. The summed E-state index contributed by atoms with van der Waals surface area (Å²) in [6, 6.07) is 1.96. The van der Waals surface area contributed by atoms with Crippen LogP contribution in [0.2, 0.25) is 0 Å². The maximum Gasteiger partial charge on any atom is 0.251 e. The highest BCUT2D eigenvalue weighted by molar-refractivity contribution is 5.25. The van der Waals surface area contributed by atoms with Gasteiger partial charge in [0.1, 0.15) is 0 Å². The molecular formula is C13H19N5. The van der Waals surface area contributed by atoms with Crippen LogP contribution in [0.3, 0.4) is 0 Å². The minimum atomic E-state index is 0.643. The van der Waals surface area contributed by atoms with Crippen molar-refractivity contribution in [3.8, 4) is 5.95 Å². The third-order valence-corrected chi connectivity index (χ3v) is 2.92. The van der Waals surface area contributed by atoms with Crippen molar-refractivity contribution >= 4 is 0 Å². The quantitative estimate of drug-likeness (QED) is 0.885. The predicted molar refractivity (Wildman–Crippen MR) is 70.7 cm³/mol. The second-order valence-corrected chi connectivity index (χ2v) is 4.51. The lowest BCUT2D eigenvalue weighted by atomic mass is 10.1. The Hall–Kier alpha value is -1.75. The number of aromatic nitrogens is 4. The zero-order chi connectivity index (χ0) is 13.1. The van der Waals surface area contributed by atoms with Crippen molar-refractivity contribution in [2.75, 3.05) is 6.54 Å². The van der Waals surface area contributed by atoms with E-state index in [9.17, 15) is 0 Å². The molecule has 5 nitrogen and oxygen atoms in total. The summed E-state index contributed by atoms with van der Waals surface area (Å²) in [5, 5.41) is 4.37. The van der Waals surface area contributed by atoms with E-state index in [2.05, 4.69) is 15.1 Å². The molecule has 0 fully saturated rings. The highest BCUT2D eigenvalue weighted by Crippen LogP contribution is 2.13. The van der Waals surface area contributed by atoms with E-state index in [4.69, 9.17) is 5.73 Å². The highest BCUT2D eigenvalue weighted by Gasteiger charge is 2.10. The Bertz CT molecular complexity index is 524. The molecule has 2 N–H and O–H groups in total. The van der Waals surface area contributed by atoms with Crippen LogP contribution in [0.4, 0.5) is 0 Å². The van der Waals surface area contributed by atoms with Crippen LogP contribution in [0.15, 0.2) is 12.3 Å². The summed E-state index contributed by atoms with van der Waals surface area (Å²) in [7, 11) is 0. The second kappa shape index (κ2) is 5.27. The number of nitrogens with two attached hydrogens (primary N) is 1. The number of rotatable bonds is 4. The fraction of sp³-hybridized carbons (Fsp3) is 0.462. The lowest BCUT2D eigenvalue weighted by Gasteiger charge is -2.05. The van der Waals surface area contributed by atoms with Crippen LogP contribution in [0.25, 0.3) is 5.95 Å². The fourth-order valence-electron chi connectivity index (χ4n) is 1.99. The molecule has 2 aromatic rings. The van der Waals surface area contributed by atoms with E-state index in [0.717, 1.165) is 29.9 Å². The molecule has 0 unspecified atom stereocenters. The molecule has 2 heterocycles. The van der Waals surface area contributed by atoms with E-state index in [1.54, 1.807) is 4.68 Å². The van der Waals surface area contributed by atoms with E-state index in [0.29, 0.717) is 12.5 Å². The van der Waals surface area contributed by atoms with Crippen LogP contribution in [0, 0.1) is 20.8 Å². The van der Waals surface area contributed by atoms with Crippen LogP contribution < -0.4 is 5.73 Å². The van der Waals surface area contributed by atoms with Crippen molar-refractivity contribution in [2.24, 2.45) is 5.73 Å². The third-order valence-electron chi connectivity index (χ3n) is 2.92. The van der Waals surface area contributed by atoms with Crippen molar-refractivity contribution in [2.45, 2.75) is 33.6 Å². The van der Waals surface area contributed by atoms with E-state index >= 15 is 0 Å². The molecule has 0 aromatic carbocycles. The van der Waals surface area contributed by atoms with Gasteiger partial charge in [0.15, 0.2) is 0 Å². The molecule has 0 spiro atoms. The minimum Gasteiger partial charge on any atom is -0.330 e. The molecule has 2 aromatic heterocycles. The van der Waals surface area contributed by atoms with E-state index in [-0.39, 0.29) is 0 Å². The van der Waals surface area contributed by atoms with E-state index in [1.807, 2.05) is 33.0 Å². The average Bonchev–Trinajstić information content (AvgIpc) is 2.67. The zero-order valence-corrected chi connectivity index (χ0v) is 11.1. The normalized spacial score (nSPS) is 10.9. The molecule has 96 valence electrons. The van der Waals surface area contributed by atoms with Gasteiger partial charge in [-0.05, 0) is 51.8 Å². The molecular weight excluding hydrogens is 226 g/mol. The Morgan fingerprint density at radius 1 is 1.17 bits per heavy atom.